The van der Waals surface area contributed by atoms with Crippen molar-refractivity contribution in [3.05, 3.63) is 29.5 Å². The summed E-state index contributed by atoms with van der Waals surface area (Å²) in [6.07, 6.45) is 2.77. The molecule has 9 N–H and O–H groups in total. The third-order valence-electron chi connectivity index (χ3n) is 8.09. The van der Waals surface area contributed by atoms with Gasteiger partial charge >= 0.3 is 18.3 Å². The van der Waals surface area contributed by atoms with E-state index < -0.39 is 47.0 Å². The number of carbonyl (C=O) groups excluding carboxylic acids is 5. The van der Waals surface area contributed by atoms with E-state index in [0.29, 0.717) is 55.8 Å². The van der Waals surface area contributed by atoms with Crippen LogP contribution in [0.4, 0.5) is 26.1 Å². The summed E-state index contributed by atoms with van der Waals surface area (Å²) >= 11 is 0. The quantitative estimate of drug-likeness (QED) is 0.0417. The zero-order valence-electron chi connectivity index (χ0n) is 38.6. The van der Waals surface area contributed by atoms with E-state index in [1.807, 2.05) is 0 Å². The van der Waals surface area contributed by atoms with Crippen molar-refractivity contribution in [3.8, 4) is 17.2 Å². The second-order valence-corrected chi connectivity index (χ2v) is 17.3. The molecule has 0 bridgehead atoms. The first kappa shape index (κ1) is 52.9. The van der Waals surface area contributed by atoms with Crippen LogP contribution in [0.1, 0.15) is 112 Å². The van der Waals surface area contributed by atoms with Gasteiger partial charge < -0.3 is 61.2 Å². The van der Waals surface area contributed by atoms with Crippen LogP contribution in [0.15, 0.2) is 23.3 Å². The van der Waals surface area contributed by atoms with Crippen LogP contribution in [0, 0.1) is 0 Å². The van der Waals surface area contributed by atoms with Gasteiger partial charge in [-0.2, -0.15) is 4.98 Å². The highest BCUT2D eigenvalue weighted by molar-refractivity contribution is 5.98. The Morgan fingerprint density at radius 2 is 1.29 bits per heavy atom. The minimum Gasteiger partial charge on any atom is -0.493 e. The number of hydrogen-bond acceptors (Lipinski definition) is 15. The van der Waals surface area contributed by atoms with Crippen LogP contribution >= 0.6 is 0 Å². The Morgan fingerprint density at radius 3 is 1.84 bits per heavy atom. The standard InChI is InChI=1S/C42H68N10O11/c1-40(2,3)61-37(55)49-28(17-16-20-47-36(51-38(56)62-41(4,5)6)52-39(57)63-42(7,8)9)34(54)46-19-15-13-12-14-18-45-31(53)25-60-32-29(58-10)22-26(23-30(32)59-11)21-27-24-48-35(44)50-33(27)43/h22-24,28H,12-21,25H2,1-11H3,(H,45,53)(H,46,54)(H,49,55)(H4,43,44,48,50)(H2,47,51,52,56,57). The fourth-order valence-corrected chi connectivity index (χ4v) is 5.44. The first-order valence-electron chi connectivity index (χ1n) is 20.7. The molecule has 1 heterocycles. The fourth-order valence-electron chi connectivity index (χ4n) is 5.44. The molecule has 0 saturated carbocycles. The van der Waals surface area contributed by atoms with Gasteiger partial charge in [0.05, 0.1) is 14.2 Å². The van der Waals surface area contributed by atoms with Crippen molar-refractivity contribution in [1.29, 1.82) is 0 Å². The molecule has 2 aromatic rings. The number of nitrogens with zero attached hydrogens (tertiary/aromatic N) is 3. The van der Waals surface area contributed by atoms with Gasteiger partial charge in [-0.05, 0) is 106 Å². The van der Waals surface area contributed by atoms with E-state index in [4.69, 9.17) is 39.9 Å². The predicted molar refractivity (Wildman–Crippen MR) is 237 cm³/mol. The van der Waals surface area contributed by atoms with E-state index in [0.717, 1.165) is 18.4 Å². The highest BCUT2D eigenvalue weighted by Crippen LogP contribution is 2.39. The fraction of sp³-hybridized carbons (Fsp3) is 0.619. The Kier molecular flexibility index (Phi) is 21.0. The average molecular weight is 889 g/mol. The lowest BCUT2D eigenvalue weighted by atomic mass is 10.1. The number of unbranched alkanes of at least 4 members (excludes halogenated alkanes) is 3. The lowest BCUT2D eigenvalue weighted by molar-refractivity contribution is -0.124. The molecule has 63 heavy (non-hydrogen) atoms. The van der Waals surface area contributed by atoms with Crippen molar-refractivity contribution in [2.75, 3.05) is 51.9 Å². The number of benzene rings is 1. The van der Waals surface area contributed by atoms with Crippen LogP contribution in [0.5, 0.6) is 17.2 Å². The average Bonchev–Trinajstić information content (AvgIpc) is 3.14. The Hall–Kier alpha value is -6.28. The summed E-state index contributed by atoms with van der Waals surface area (Å²) in [6, 6.07) is 2.55. The molecule has 0 radical (unpaired) electrons. The molecule has 1 aromatic carbocycles. The molecule has 0 aliphatic rings. The van der Waals surface area contributed by atoms with E-state index in [1.165, 1.54) is 14.2 Å². The summed E-state index contributed by atoms with van der Waals surface area (Å²) in [6.45, 7) is 15.9. The van der Waals surface area contributed by atoms with Crippen molar-refractivity contribution in [2.24, 2.45) is 4.99 Å². The number of methoxy groups -OCH3 is 2. The topological polar surface area (TPSA) is 291 Å². The molecule has 0 aliphatic carbocycles. The van der Waals surface area contributed by atoms with Gasteiger partial charge in [0, 0.05) is 37.8 Å². The van der Waals surface area contributed by atoms with Crippen molar-refractivity contribution in [1.82, 2.24) is 36.6 Å². The predicted octanol–water partition coefficient (Wildman–Crippen LogP) is 4.50. The van der Waals surface area contributed by atoms with E-state index >= 15 is 0 Å². The number of aliphatic imine (C=N–C) groups is 1. The maximum atomic E-state index is 13.2. The van der Waals surface area contributed by atoms with Gasteiger partial charge in [-0.15, -0.1) is 4.99 Å². The molecular formula is C42H68N10O11. The third kappa shape index (κ3) is 22.4. The van der Waals surface area contributed by atoms with E-state index in [-0.39, 0.29) is 49.0 Å². The van der Waals surface area contributed by atoms with E-state index in [9.17, 15) is 24.0 Å². The third-order valence-corrected chi connectivity index (χ3v) is 8.09. The summed E-state index contributed by atoms with van der Waals surface area (Å²) in [5.74, 6) is 0.412. The number of carbonyl (C=O) groups is 5. The molecule has 21 nitrogen and oxygen atoms in total. The Morgan fingerprint density at radius 1 is 0.730 bits per heavy atom. The largest absolute Gasteiger partial charge is 0.493 e. The first-order chi connectivity index (χ1) is 29.4. The molecule has 5 amide bonds. The number of amides is 5. The van der Waals surface area contributed by atoms with Gasteiger partial charge in [-0.25, -0.2) is 19.4 Å². The SMILES string of the molecule is COc1cc(Cc2cnc(N)nc2N)cc(OC)c1OCC(=O)NCCCCCCNC(=O)C(CCCN/C(=N\C(=O)OC(C)(C)C)NC(=O)OC(C)(C)C)NC(=O)OC(C)(C)C. The van der Waals surface area contributed by atoms with Crippen molar-refractivity contribution < 1.29 is 52.4 Å². The molecule has 0 saturated heterocycles. The van der Waals surface area contributed by atoms with Crippen molar-refractivity contribution in [3.63, 3.8) is 0 Å². The van der Waals surface area contributed by atoms with Crippen molar-refractivity contribution >= 4 is 47.8 Å². The number of nitrogens with two attached hydrogens (primary N) is 2. The minimum absolute atomic E-state index is 0.0789. The van der Waals surface area contributed by atoms with Gasteiger partial charge in [-0.1, -0.05) is 12.8 Å². The van der Waals surface area contributed by atoms with Crippen LogP contribution in [-0.2, 0) is 30.2 Å². The lowest BCUT2D eigenvalue weighted by Crippen LogP contribution is -2.49. The molecular weight excluding hydrogens is 821 g/mol. The number of anilines is 2. The number of rotatable bonds is 20. The van der Waals surface area contributed by atoms with Gasteiger partial charge in [-0.3, -0.25) is 14.9 Å². The Labute approximate surface area is 369 Å². The zero-order valence-corrected chi connectivity index (χ0v) is 38.6. The van der Waals surface area contributed by atoms with Crippen LogP contribution in [-0.4, -0.2) is 109 Å². The smallest absolute Gasteiger partial charge is 0.437 e. The lowest BCUT2D eigenvalue weighted by Gasteiger charge is -2.23. The summed E-state index contributed by atoms with van der Waals surface area (Å²) in [7, 11) is 2.97. The minimum atomic E-state index is -0.953. The van der Waals surface area contributed by atoms with Gasteiger partial charge in [0.15, 0.2) is 18.1 Å². The molecule has 0 spiro atoms. The summed E-state index contributed by atoms with van der Waals surface area (Å²) < 4.78 is 32.7. The summed E-state index contributed by atoms with van der Waals surface area (Å²) in [5, 5.41) is 13.6. The van der Waals surface area contributed by atoms with Gasteiger partial charge in [0.25, 0.3) is 5.91 Å². The molecule has 1 unspecified atom stereocenters. The number of alkyl carbamates (subject to hydrolysis) is 2. The number of guanidine groups is 1. The Balaban J connectivity index is 1.85. The molecule has 0 aliphatic heterocycles. The van der Waals surface area contributed by atoms with E-state index in [1.54, 1.807) is 80.6 Å². The summed E-state index contributed by atoms with van der Waals surface area (Å²) in [4.78, 5) is 75.2. The number of nitrogens with one attached hydrogen (secondary N) is 5. The van der Waals surface area contributed by atoms with Crippen LogP contribution in [0.3, 0.4) is 0 Å². The molecule has 1 atom stereocenters. The number of aromatic nitrogens is 2. The normalized spacial score (nSPS) is 12.3. The Bertz CT molecular complexity index is 1850. The second kappa shape index (κ2) is 25.0. The maximum Gasteiger partial charge on any atom is 0.437 e. The molecule has 352 valence electrons. The highest BCUT2D eigenvalue weighted by atomic mass is 16.6. The van der Waals surface area contributed by atoms with Gasteiger partial charge in [0.1, 0.15) is 28.7 Å². The zero-order chi connectivity index (χ0) is 47.4. The van der Waals surface area contributed by atoms with Crippen LogP contribution in [0.2, 0.25) is 0 Å². The van der Waals surface area contributed by atoms with Gasteiger partial charge in [0.2, 0.25) is 23.6 Å². The highest BCUT2D eigenvalue weighted by Gasteiger charge is 2.25. The maximum absolute atomic E-state index is 13.2. The van der Waals surface area contributed by atoms with E-state index in [2.05, 4.69) is 41.5 Å². The molecule has 1 aromatic heterocycles. The molecule has 21 heteroatoms. The monoisotopic (exact) mass is 889 g/mol. The first-order valence-corrected chi connectivity index (χ1v) is 20.7. The number of nitrogen functional groups attached to an aromatic ring is 2. The number of ether oxygens (including phenoxy) is 6. The van der Waals surface area contributed by atoms with Crippen LogP contribution < -0.4 is 52.3 Å². The molecule has 0 fully saturated rings. The summed E-state index contributed by atoms with van der Waals surface area (Å²) in [5.41, 5.74) is 10.6. The molecule has 2 rings (SSSR count). The van der Waals surface area contributed by atoms with Crippen molar-refractivity contribution in [2.45, 2.75) is 130 Å². The van der Waals surface area contributed by atoms with Crippen LogP contribution in [0.25, 0.3) is 0 Å². The number of hydrogen-bond donors (Lipinski definition) is 7. The second-order valence-electron chi connectivity index (χ2n) is 17.3.